The molecule has 3 rings (SSSR count). The summed E-state index contributed by atoms with van der Waals surface area (Å²) >= 11 is 0. The minimum absolute atomic E-state index is 0.145. The third-order valence-corrected chi connectivity index (χ3v) is 4.74. The summed E-state index contributed by atoms with van der Waals surface area (Å²) in [5, 5.41) is 0. The van der Waals surface area contributed by atoms with Crippen molar-refractivity contribution < 1.29 is 4.74 Å². The zero-order chi connectivity index (χ0) is 13.4. The molecule has 104 valence electrons. The van der Waals surface area contributed by atoms with Gasteiger partial charge in [-0.2, -0.15) is 0 Å². The number of rotatable bonds is 4. The van der Waals surface area contributed by atoms with E-state index in [0.29, 0.717) is 6.04 Å². The molecule has 0 amide bonds. The Balaban J connectivity index is 1.88. The molecular formula is C16H24N2O. The molecule has 0 spiro atoms. The number of benzene rings is 1. The molecule has 3 heteroatoms. The highest BCUT2D eigenvalue weighted by molar-refractivity contribution is 5.31. The summed E-state index contributed by atoms with van der Waals surface area (Å²) in [5.74, 6) is 1.82. The van der Waals surface area contributed by atoms with Gasteiger partial charge < -0.3 is 10.5 Å². The Morgan fingerprint density at radius 3 is 2.79 bits per heavy atom. The van der Waals surface area contributed by atoms with E-state index >= 15 is 0 Å². The van der Waals surface area contributed by atoms with Gasteiger partial charge in [0.05, 0.1) is 13.2 Å². The lowest BCUT2D eigenvalue weighted by Crippen LogP contribution is -2.43. The fourth-order valence-corrected chi connectivity index (χ4v) is 3.93. The Labute approximate surface area is 115 Å². The van der Waals surface area contributed by atoms with Crippen molar-refractivity contribution in [2.24, 2.45) is 11.7 Å². The van der Waals surface area contributed by atoms with Gasteiger partial charge in [0, 0.05) is 18.6 Å². The van der Waals surface area contributed by atoms with E-state index in [1.165, 1.54) is 31.4 Å². The number of methoxy groups -OCH3 is 1. The minimum atomic E-state index is 0.145. The fourth-order valence-electron chi connectivity index (χ4n) is 3.93. The maximum Gasteiger partial charge on any atom is 0.119 e. The first-order valence-corrected chi connectivity index (χ1v) is 7.34. The number of nitrogens with two attached hydrogens (primary N) is 1. The topological polar surface area (TPSA) is 38.5 Å². The number of likely N-dealkylation sites (tertiary alicyclic amines) is 1. The van der Waals surface area contributed by atoms with E-state index in [-0.39, 0.29) is 6.04 Å². The van der Waals surface area contributed by atoms with Crippen molar-refractivity contribution >= 4 is 0 Å². The molecule has 1 saturated carbocycles. The van der Waals surface area contributed by atoms with Crippen LogP contribution in [0.3, 0.4) is 0 Å². The molecule has 1 aliphatic heterocycles. The van der Waals surface area contributed by atoms with Crippen molar-refractivity contribution in [3.05, 3.63) is 29.8 Å². The van der Waals surface area contributed by atoms with E-state index in [0.717, 1.165) is 17.7 Å². The van der Waals surface area contributed by atoms with Gasteiger partial charge in [-0.25, -0.2) is 0 Å². The molecule has 2 bridgehead atoms. The summed E-state index contributed by atoms with van der Waals surface area (Å²) in [6.45, 7) is 3.34. The molecule has 2 fully saturated rings. The quantitative estimate of drug-likeness (QED) is 0.904. The second kappa shape index (κ2) is 5.14. The maximum atomic E-state index is 6.29. The van der Waals surface area contributed by atoms with Crippen LogP contribution in [0.2, 0.25) is 0 Å². The second-order valence-electron chi connectivity index (χ2n) is 6.11. The molecule has 2 N–H and O–H groups in total. The largest absolute Gasteiger partial charge is 0.497 e. The average molecular weight is 260 g/mol. The van der Waals surface area contributed by atoms with Crippen molar-refractivity contribution in [2.75, 3.05) is 13.7 Å². The van der Waals surface area contributed by atoms with Crippen LogP contribution in [0.25, 0.3) is 0 Å². The fraction of sp³-hybridized carbons (Fsp3) is 0.625. The lowest BCUT2D eigenvalue weighted by atomic mass is 9.96. The molecule has 3 nitrogen and oxygen atoms in total. The van der Waals surface area contributed by atoms with E-state index < -0.39 is 0 Å². The van der Waals surface area contributed by atoms with Crippen molar-refractivity contribution in [1.82, 2.24) is 4.90 Å². The predicted molar refractivity (Wildman–Crippen MR) is 77.2 cm³/mol. The number of hydrogen-bond donors (Lipinski definition) is 1. The minimum Gasteiger partial charge on any atom is -0.497 e. The molecule has 4 unspecified atom stereocenters. The van der Waals surface area contributed by atoms with Gasteiger partial charge in [0.2, 0.25) is 0 Å². The zero-order valence-corrected chi connectivity index (χ0v) is 11.9. The average Bonchev–Trinajstić information content (AvgIpc) is 3.01. The standard InChI is InChI=1S/C16H24N2O/c1-11(17)16(13-4-3-5-15(9-13)19-2)18-10-12-6-7-14(18)8-12/h3-5,9,11-12,14,16H,6-8,10,17H2,1-2H3. The Morgan fingerprint density at radius 2 is 2.21 bits per heavy atom. The van der Waals surface area contributed by atoms with Crippen LogP contribution in [-0.2, 0) is 0 Å². The first-order valence-electron chi connectivity index (χ1n) is 7.34. The van der Waals surface area contributed by atoms with E-state index in [2.05, 4.69) is 30.0 Å². The van der Waals surface area contributed by atoms with Gasteiger partial charge in [-0.05, 0) is 49.8 Å². The first-order chi connectivity index (χ1) is 9.19. The highest BCUT2D eigenvalue weighted by atomic mass is 16.5. The van der Waals surface area contributed by atoms with Crippen LogP contribution < -0.4 is 10.5 Å². The normalized spacial score (nSPS) is 29.4. The molecule has 1 heterocycles. The molecule has 0 radical (unpaired) electrons. The highest BCUT2D eigenvalue weighted by Crippen LogP contribution is 2.43. The number of hydrogen-bond acceptors (Lipinski definition) is 3. The van der Waals surface area contributed by atoms with Gasteiger partial charge in [-0.1, -0.05) is 12.1 Å². The molecule has 2 aliphatic rings. The third kappa shape index (κ3) is 2.37. The molecule has 19 heavy (non-hydrogen) atoms. The lowest BCUT2D eigenvalue weighted by Gasteiger charge is -2.37. The summed E-state index contributed by atoms with van der Waals surface area (Å²) in [7, 11) is 1.72. The summed E-state index contributed by atoms with van der Waals surface area (Å²) < 4.78 is 5.35. The monoisotopic (exact) mass is 260 g/mol. The van der Waals surface area contributed by atoms with Crippen LogP contribution in [0.15, 0.2) is 24.3 Å². The van der Waals surface area contributed by atoms with Crippen LogP contribution in [0.5, 0.6) is 5.75 Å². The molecular weight excluding hydrogens is 236 g/mol. The lowest BCUT2D eigenvalue weighted by molar-refractivity contribution is 0.132. The smallest absolute Gasteiger partial charge is 0.119 e. The highest BCUT2D eigenvalue weighted by Gasteiger charge is 2.42. The van der Waals surface area contributed by atoms with Crippen LogP contribution in [-0.4, -0.2) is 30.6 Å². The Kier molecular flexibility index (Phi) is 3.50. The predicted octanol–water partition coefficient (Wildman–Crippen LogP) is 2.57. The molecule has 1 aliphatic carbocycles. The second-order valence-corrected chi connectivity index (χ2v) is 6.11. The Hall–Kier alpha value is -1.06. The van der Waals surface area contributed by atoms with Gasteiger partial charge in [0.25, 0.3) is 0 Å². The van der Waals surface area contributed by atoms with Gasteiger partial charge in [-0.3, -0.25) is 4.90 Å². The van der Waals surface area contributed by atoms with E-state index in [9.17, 15) is 0 Å². The zero-order valence-electron chi connectivity index (χ0n) is 11.9. The van der Waals surface area contributed by atoms with E-state index in [1.54, 1.807) is 7.11 Å². The SMILES string of the molecule is COc1cccc(C(C(C)N)N2CC3CCC2C3)c1. The van der Waals surface area contributed by atoms with Gasteiger partial charge in [-0.15, -0.1) is 0 Å². The summed E-state index contributed by atoms with van der Waals surface area (Å²) in [6, 6.07) is 9.60. The third-order valence-electron chi connectivity index (χ3n) is 4.74. The van der Waals surface area contributed by atoms with Crippen LogP contribution >= 0.6 is 0 Å². The summed E-state index contributed by atoms with van der Waals surface area (Å²) in [5.41, 5.74) is 7.58. The van der Waals surface area contributed by atoms with Crippen molar-refractivity contribution in [3.8, 4) is 5.75 Å². The van der Waals surface area contributed by atoms with E-state index in [1.807, 2.05) is 6.07 Å². The Bertz CT molecular complexity index is 446. The van der Waals surface area contributed by atoms with E-state index in [4.69, 9.17) is 10.5 Å². The maximum absolute atomic E-state index is 6.29. The molecule has 1 aromatic carbocycles. The number of fused-ring (bicyclic) bond motifs is 2. The van der Waals surface area contributed by atoms with Gasteiger partial charge >= 0.3 is 0 Å². The molecule has 0 aromatic heterocycles. The van der Waals surface area contributed by atoms with Crippen LogP contribution in [0.4, 0.5) is 0 Å². The van der Waals surface area contributed by atoms with Crippen LogP contribution in [0, 0.1) is 5.92 Å². The molecule has 4 atom stereocenters. The van der Waals surface area contributed by atoms with Crippen LogP contribution in [0.1, 0.15) is 37.8 Å². The number of ether oxygens (including phenoxy) is 1. The number of piperidine rings is 1. The summed E-state index contributed by atoms with van der Waals surface area (Å²) in [4.78, 5) is 2.63. The summed E-state index contributed by atoms with van der Waals surface area (Å²) in [6.07, 6.45) is 4.12. The molecule has 1 saturated heterocycles. The van der Waals surface area contributed by atoms with Crippen molar-refractivity contribution in [3.63, 3.8) is 0 Å². The first kappa shape index (κ1) is 12.9. The number of nitrogens with zero attached hydrogens (tertiary/aromatic N) is 1. The Morgan fingerprint density at radius 1 is 1.37 bits per heavy atom. The van der Waals surface area contributed by atoms with Gasteiger partial charge in [0.15, 0.2) is 0 Å². The van der Waals surface area contributed by atoms with Crippen molar-refractivity contribution in [1.29, 1.82) is 0 Å². The van der Waals surface area contributed by atoms with Crippen molar-refractivity contribution in [2.45, 2.75) is 44.3 Å². The molecule has 1 aromatic rings. The van der Waals surface area contributed by atoms with Gasteiger partial charge in [0.1, 0.15) is 5.75 Å².